The number of hydrogen-bond donors (Lipinski definition) is 2. The van der Waals surface area contributed by atoms with Gasteiger partial charge in [-0.2, -0.15) is 0 Å². The van der Waals surface area contributed by atoms with Gasteiger partial charge in [0.05, 0.1) is 5.02 Å². The number of halogens is 1. The van der Waals surface area contributed by atoms with E-state index in [1.165, 1.54) is 31.4 Å². The number of phenols is 1. The van der Waals surface area contributed by atoms with Gasteiger partial charge in [0.25, 0.3) is 5.91 Å². The molecular formula is C14H18ClNO2. The molecule has 0 radical (unpaired) electrons. The van der Waals surface area contributed by atoms with Crippen molar-refractivity contribution in [3.05, 3.63) is 28.8 Å². The van der Waals surface area contributed by atoms with E-state index in [0.29, 0.717) is 11.0 Å². The Hall–Kier alpha value is -1.22. The van der Waals surface area contributed by atoms with E-state index in [9.17, 15) is 9.90 Å². The highest BCUT2D eigenvalue weighted by molar-refractivity contribution is 6.32. The molecule has 1 aromatic carbocycles. The Morgan fingerprint density at radius 1 is 1.50 bits per heavy atom. The maximum atomic E-state index is 12.0. The minimum absolute atomic E-state index is 0.00256. The molecule has 1 saturated carbocycles. The topological polar surface area (TPSA) is 49.3 Å². The highest BCUT2D eigenvalue weighted by Crippen LogP contribution is 2.43. The SMILES string of the molecule is CCC1(CNC(=O)c2ccc(O)c(Cl)c2)CCC1. The summed E-state index contributed by atoms with van der Waals surface area (Å²) in [5.74, 6) is -0.131. The molecule has 0 bridgehead atoms. The smallest absolute Gasteiger partial charge is 0.251 e. The fourth-order valence-corrected chi connectivity index (χ4v) is 2.53. The van der Waals surface area contributed by atoms with E-state index in [2.05, 4.69) is 12.2 Å². The maximum Gasteiger partial charge on any atom is 0.251 e. The summed E-state index contributed by atoms with van der Waals surface area (Å²) in [4.78, 5) is 12.0. The molecule has 0 saturated heterocycles. The van der Waals surface area contributed by atoms with Crippen LogP contribution in [-0.2, 0) is 0 Å². The number of benzene rings is 1. The van der Waals surface area contributed by atoms with Crippen molar-refractivity contribution in [2.45, 2.75) is 32.6 Å². The van der Waals surface area contributed by atoms with Gasteiger partial charge in [0, 0.05) is 12.1 Å². The van der Waals surface area contributed by atoms with E-state index in [1.54, 1.807) is 6.07 Å². The number of hydrogen-bond acceptors (Lipinski definition) is 2. The summed E-state index contributed by atoms with van der Waals surface area (Å²) in [6.07, 6.45) is 4.75. The van der Waals surface area contributed by atoms with Gasteiger partial charge >= 0.3 is 0 Å². The number of carbonyl (C=O) groups excluding carboxylic acids is 1. The molecule has 1 aromatic rings. The minimum atomic E-state index is -0.128. The summed E-state index contributed by atoms with van der Waals surface area (Å²) >= 11 is 5.78. The quantitative estimate of drug-likeness (QED) is 0.879. The number of amides is 1. The largest absolute Gasteiger partial charge is 0.506 e. The molecule has 0 spiro atoms. The normalized spacial score (nSPS) is 17.0. The van der Waals surface area contributed by atoms with Gasteiger partial charge in [-0.05, 0) is 42.9 Å². The van der Waals surface area contributed by atoms with E-state index in [4.69, 9.17) is 11.6 Å². The molecule has 1 fully saturated rings. The fraction of sp³-hybridized carbons (Fsp3) is 0.500. The molecule has 0 heterocycles. The first-order valence-electron chi connectivity index (χ1n) is 6.33. The second-order valence-corrected chi connectivity index (χ2v) is 5.46. The van der Waals surface area contributed by atoms with E-state index >= 15 is 0 Å². The van der Waals surface area contributed by atoms with Crippen molar-refractivity contribution in [1.82, 2.24) is 5.32 Å². The molecule has 18 heavy (non-hydrogen) atoms. The lowest BCUT2D eigenvalue weighted by Gasteiger charge is -2.41. The van der Waals surface area contributed by atoms with Gasteiger partial charge < -0.3 is 10.4 Å². The third kappa shape index (κ3) is 2.61. The summed E-state index contributed by atoms with van der Waals surface area (Å²) in [5, 5.41) is 12.5. The first-order chi connectivity index (χ1) is 8.56. The minimum Gasteiger partial charge on any atom is -0.506 e. The van der Waals surface area contributed by atoms with Crippen LogP contribution in [0.5, 0.6) is 5.75 Å². The molecule has 1 aliphatic rings. The number of carbonyl (C=O) groups is 1. The van der Waals surface area contributed by atoms with Crippen molar-refractivity contribution in [1.29, 1.82) is 0 Å². The summed E-state index contributed by atoms with van der Waals surface area (Å²) in [7, 11) is 0. The van der Waals surface area contributed by atoms with Crippen molar-refractivity contribution in [3.63, 3.8) is 0 Å². The van der Waals surface area contributed by atoms with Crippen LogP contribution in [0, 0.1) is 5.41 Å². The summed E-state index contributed by atoms with van der Waals surface area (Å²) < 4.78 is 0. The van der Waals surface area contributed by atoms with Crippen molar-refractivity contribution in [3.8, 4) is 5.75 Å². The molecule has 2 rings (SSSR count). The number of rotatable bonds is 4. The van der Waals surface area contributed by atoms with E-state index < -0.39 is 0 Å². The van der Waals surface area contributed by atoms with Gasteiger partial charge in [-0.15, -0.1) is 0 Å². The predicted octanol–water partition coefficient (Wildman–Crippen LogP) is 3.36. The third-order valence-corrected chi connectivity index (χ3v) is 4.30. The number of aromatic hydroxyl groups is 1. The average Bonchev–Trinajstić information content (AvgIpc) is 2.31. The Bertz CT molecular complexity index is 450. The standard InChI is InChI=1S/C14H18ClNO2/c1-2-14(6-3-7-14)9-16-13(18)10-4-5-12(17)11(15)8-10/h4-5,8,17H,2-3,6-7,9H2,1H3,(H,16,18). The summed E-state index contributed by atoms with van der Waals surface area (Å²) in [5.41, 5.74) is 0.791. The first kappa shape index (κ1) is 13.2. The summed E-state index contributed by atoms with van der Waals surface area (Å²) in [6.45, 7) is 2.89. The monoisotopic (exact) mass is 267 g/mol. The van der Waals surface area contributed by atoms with Crippen molar-refractivity contribution < 1.29 is 9.90 Å². The van der Waals surface area contributed by atoms with Gasteiger partial charge in [-0.25, -0.2) is 0 Å². The molecule has 4 heteroatoms. The van der Waals surface area contributed by atoms with Crippen molar-refractivity contribution in [2.24, 2.45) is 5.41 Å². The highest BCUT2D eigenvalue weighted by atomic mass is 35.5. The zero-order valence-corrected chi connectivity index (χ0v) is 11.3. The molecule has 1 aliphatic carbocycles. The average molecular weight is 268 g/mol. The van der Waals surface area contributed by atoms with E-state index in [1.807, 2.05) is 0 Å². The van der Waals surface area contributed by atoms with Gasteiger partial charge in [0.2, 0.25) is 0 Å². The second-order valence-electron chi connectivity index (χ2n) is 5.06. The Balaban J connectivity index is 1.97. The molecule has 2 N–H and O–H groups in total. The Morgan fingerprint density at radius 2 is 2.22 bits per heavy atom. The first-order valence-corrected chi connectivity index (χ1v) is 6.71. The Morgan fingerprint density at radius 3 is 2.72 bits per heavy atom. The van der Waals surface area contributed by atoms with Gasteiger partial charge in [0.15, 0.2) is 0 Å². The summed E-state index contributed by atoms with van der Waals surface area (Å²) in [6, 6.07) is 4.51. The van der Waals surface area contributed by atoms with E-state index in [0.717, 1.165) is 13.0 Å². The fourth-order valence-electron chi connectivity index (χ4n) is 2.35. The molecule has 1 amide bonds. The molecule has 3 nitrogen and oxygen atoms in total. The number of phenolic OH excluding ortho intramolecular Hbond substituents is 1. The Kier molecular flexibility index (Phi) is 3.81. The molecule has 0 aliphatic heterocycles. The van der Waals surface area contributed by atoms with E-state index in [-0.39, 0.29) is 16.7 Å². The van der Waals surface area contributed by atoms with Crippen molar-refractivity contribution in [2.75, 3.05) is 6.54 Å². The Labute approximate surface area is 112 Å². The maximum absolute atomic E-state index is 12.0. The zero-order chi connectivity index (χ0) is 13.2. The molecule has 98 valence electrons. The van der Waals surface area contributed by atoms with Crippen LogP contribution in [0.4, 0.5) is 0 Å². The van der Waals surface area contributed by atoms with Crippen LogP contribution in [0.3, 0.4) is 0 Å². The van der Waals surface area contributed by atoms with Crippen LogP contribution in [0.1, 0.15) is 43.0 Å². The molecular weight excluding hydrogens is 250 g/mol. The van der Waals surface area contributed by atoms with Gasteiger partial charge in [0.1, 0.15) is 5.75 Å². The second kappa shape index (κ2) is 5.19. The lowest BCUT2D eigenvalue weighted by Crippen LogP contribution is -2.41. The van der Waals surface area contributed by atoms with Crippen LogP contribution in [-0.4, -0.2) is 17.6 Å². The molecule has 0 atom stereocenters. The van der Waals surface area contributed by atoms with Crippen LogP contribution >= 0.6 is 11.6 Å². The van der Waals surface area contributed by atoms with Crippen LogP contribution in [0.15, 0.2) is 18.2 Å². The van der Waals surface area contributed by atoms with Crippen LogP contribution in [0.25, 0.3) is 0 Å². The van der Waals surface area contributed by atoms with Gasteiger partial charge in [-0.3, -0.25) is 4.79 Å². The van der Waals surface area contributed by atoms with Crippen LogP contribution in [0.2, 0.25) is 5.02 Å². The predicted molar refractivity (Wildman–Crippen MR) is 72.0 cm³/mol. The lowest BCUT2D eigenvalue weighted by molar-refractivity contribution is 0.0850. The number of nitrogens with one attached hydrogen (secondary N) is 1. The van der Waals surface area contributed by atoms with Gasteiger partial charge in [-0.1, -0.05) is 24.9 Å². The zero-order valence-electron chi connectivity index (χ0n) is 10.5. The van der Waals surface area contributed by atoms with Crippen molar-refractivity contribution >= 4 is 17.5 Å². The lowest BCUT2D eigenvalue weighted by atomic mass is 9.67. The molecule has 0 unspecified atom stereocenters. The highest BCUT2D eigenvalue weighted by Gasteiger charge is 2.35. The van der Waals surface area contributed by atoms with Crippen LogP contribution < -0.4 is 5.32 Å². The molecule has 0 aromatic heterocycles. The third-order valence-electron chi connectivity index (χ3n) is 4.00.